The zero-order valence-corrected chi connectivity index (χ0v) is 39.6. The van der Waals surface area contributed by atoms with E-state index in [1.165, 1.54) is 4.90 Å². The van der Waals surface area contributed by atoms with E-state index in [0.29, 0.717) is 51.6 Å². The number of nitrogens with one attached hydrogen (secondary N) is 1. The maximum atomic E-state index is 12.0. The average Bonchev–Trinajstić information content (AvgIpc) is 4.19. The van der Waals surface area contributed by atoms with Crippen LogP contribution >= 0.6 is 0 Å². The molecule has 8 aliphatic rings. The Morgan fingerprint density at radius 2 is 1.04 bits per heavy atom. The van der Waals surface area contributed by atoms with Crippen molar-refractivity contribution in [3.63, 3.8) is 0 Å². The van der Waals surface area contributed by atoms with Gasteiger partial charge in [-0.25, -0.2) is 28.4 Å². The van der Waals surface area contributed by atoms with Crippen molar-refractivity contribution in [2.45, 2.75) is 75.7 Å². The minimum Gasteiger partial charge on any atom is -0.393 e. The zero-order valence-electron chi connectivity index (χ0n) is 39.6. The monoisotopic (exact) mass is 934 g/mol. The molecular weight excluding hydrogens is 871 g/mol. The van der Waals surface area contributed by atoms with Crippen molar-refractivity contribution in [3.8, 4) is 0 Å². The Morgan fingerprint density at radius 3 is 1.43 bits per heavy atom. The molecule has 0 aliphatic carbocycles. The SMILES string of the molecule is CC1(C)OCC(c2ccn(C3=CC4CN(C3)C(=O)N4O)n2)O1.CN1C(=O)N2CC(n3ccc(C(O)CO)n3)=CC1C2.CN1C(=O)N2CC(n3ccc(C4COC(C)(C)O4)n3)=CC1C2.C[NH+](C)C. The van der Waals surface area contributed by atoms with E-state index in [0.717, 1.165) is 40.1 Å². The number of carbonyl (C=O) groups is 3. The molecule has 5 saturated heterocycles. The second kappa shape index (κ2) is 18.8. The first-order chi connectivity index (χ1) is 31.7. The number of aliphatic hydroxyl groups is 2. The first-order valence-corrected chi connectivity index (χ1v) is 22.5. The third-order valence-corrected chi connectivity index (χ3v) is 12.3. The molecule has 6 atom stereocenters. The number of hydrogen-bond acceptors (Lipinski definition) is 13. The molecule has 0 aromatic carbocycles. The van der Waals surface area contributed by atoms with Gasteiger partial charge in [-0.05, 0) is 64.1 Å². The number of urea groups is 3. The number of aliphatic hydroxyl groups excluding tert-OH is 2. The van der Waals surface area contributed by atoms with Gasteiger partial charge in [0, 0.05) is 52.3 Å². The quantitative estimate of drug-likeness (QED) is 0.239. The molecule has 11 heterocycles. The van der Waals surface area contributed by atoms with Crippen LogP contribution in [0.15, 0.2) is 55.0 Å². The van der Waals surface area contributed by atoms with Gasteiger partial charge in [-0.15, -0.1) is 0 Å². The molecule has 4 N–H and O–H groups in total. The van der Waals surface area contributed by atoms with Crippen molar-refractivity contribution in [1.29, 1.82) is 0 Å². The molecule has 11 rings (SSSR count). The van der Waals surface area contributed by atoms with E-state index >= 15 is 0 Å². The summed E-state index contributed by atoms with van der Waals surface area (Å²) in [6.45, 7) is 11.7. The van der Waals surface area contributed by atoms with Crippen LogP contribution in [0.1, 0.15) is 63.1 Å². The summed E-state index contributed by atoms with van der Waals surface area (Å²) in [6, 6.07) is 5.15. The van der Waals surface area contributed by atoms with E-state index in [1.807, 2.05) is 81.0 Å². The molecule has 8 aliphatic heterocycles. The van der Waals surface area contributed by atoms with E-state index < -0.39 is 17.7 Å². The average molecular weight is 935 g/mol. The molecule has 3 aromatic heterocycles. The lowest BCUT2D eigenvalue weighted by molar-refractivity contribution is -0.836. The van der Waals surface area contributed by atoms with Crippen LogP contribution in [0.3, 0.4) is 0 Å². The van der Waals surface area contributed by atoms with Gasteiger partial charge in [0.1, 0.15) is 18.3 Å². The van der Waals surface area contributed by atoms with Gasteiger partial charge in [-0.2, -0.15) is 20.4 Å². The Labute approximate surface area is 389 Å². The van der Waals surface area contributed by atoms with Crippen LogP contribution in [0, 0.1) is 0 Å². The van der Waals surface area contributed by atoms with E-state index in [4.69, 9.17) is 24.1 Å². The van der Waals surface area contributed by atoms with Gasteiger partial charge in [0.25, 0.3) is 0 Å². The highest BCUT2D eigenvalue weighted by molar-refractivity contribution is 5.82. The van der Waals surface area contributed by atoms with Crippen molar-refractivity contribution in [2.24, 2.45) is 0 Å². The minimum atomic E-state index is -0.966. The minimum absolute atomic E-state index is 0.0269. The van der Waals surface area contributed by atoms with Crippen LogP contribution in [-0.2, 0) is 18.9 Å². The van der Waals surface area contributed by atoms with Crippen LogP contribution in [-0.4, -0.2) is 216 Å². The predicted molar refractivity (Wildman–Crippen MR) is 239 cm³/mol. The summed E-state index contributed by atoms with van der Waals surface area (Å²) in [5.74, 6) is -1.15. The van der Waals surface area contributed by atoms with E-state index in [2.05, 4.69) is 42.5 Å². The molecule has 6 unspecified atom stereocenters. The lowest BCUT2D eigenvalue weighted by Gasteiger charge is -2.21. The fourth-order valence-electron chi connectivity index (χ4n) is 8.73. The third kappa shape index (κ3) is 10.3. The molecule has 23 heteroatoms. The predicted octanol–water partition coefficient (Wildman–Crippen LogP) is 0.615. The maximum absolute atomic E-state index is 12.0. The second-order valence-electron chi connectivity index (χ2n) is 19.1. The Bertz CT molecular complexity index is 2290. The molecule has 6 amide bonds. The summed E-state index contributed by atoms with van der Waals surface area (Å²) < 4.78 is 28.0. The number of hydrogen-bond donors (Lipinski definition) is 4. The van der Waals surface area contributed by atoms with Crippen LogP contribution < -0.4 is 4.90 Å². The van der Waals surface area contributed by atoms with Crippen LogP contribution in [0.4, 0.5) is 14.4 Å². The summed E-state index contributed by atoms with van der Waals surface area (Å²) in [4.78, 5) is 45.7. The van der Waals surface area contributed by atoms with Crippen molar-refractivity contribution < 1.29 is 53.7 Å². The molecule has 5 fully saturated rings. The normalized spacial score (nSPS) is 27.1. The number of amides is 6. The van der Waals surface area contributed by atoms with Crippen molar-refractivity contribution in [3.05, 3.63) is 72.1 Å². The number of fused-ring (bicyclic) bond motifs is 6. The van der Waals surface area contributed by atoms with Gasteiger partial charge < -0.3 is 58.6 Å². The Hall–Kier alpha value is -5.66. The van der Waals surface area contributed by atoms with Crippen LogP contribution in [0.5, 0.6) is 0 Å². The summed E-state index contributed by atoms with van der Waals surface area (Å²) in [5, 5.41) is 42.3. The number of nitrogens with zero attached hydrogens (tertiary/aromatic N) is 12. The van der Waals surface area contributed by atoms with Crippen molar-refractivity contribution in [1.82, 2.24) is 58.9 Å². The summed E-state index contributed by atoms with van der Waals surface area (Å²) in [5.41, 5.74) is 4.89. The fraction of sp³-hybridized carbons (Fsp3) is 0.591. The van der Waals surface area contributed by atoms with Gasteiger partial charge in [0.2, 0.25) is 0 Å². The van der Waals surface area contributed by atoms with Gasteiger partial charge in [-0.3, -0.25) is 5.21 Å². The highest BCUT2D eigenvalue weighted by Gasteiger charge is 2.42. The lowest BCUT2D eigenvalue weighted by Crippen LogP contribution is -3.02. The lowest BCUT2D eigenvalue weighted by atomic mass is 10.2. The number of hydroxylamine groups is 2. The number of aromatic nitrogens is 6. The van der Waals surface area contributed by atoms with Gasteiger partial charge >= 0.3 is 18.1 Å². The first kappa shape index (κ1) is 47.8. The number of carbonyl (C=O) groups excluding carboxylic acids is 3. The van der Waals surface area contributed by atoms with E-state index in [-0.39, 0.29) is 55.0 Å². The number of ether oxygens (including phenoxy) is 4. The maximum Gasteiger partial charge on any atom is 0.344 e. The Morgan fingerprint density at radius 1 is 0.657 bits per heavy atom. The Balaban J connectivity index is 0.000000131. The molecule has 3 aromatic rings. The van der Waals surface area contributed by atoms with Gasteiger partial charge in [0.05, 0.1) is 113 Å². The summed E-state index contributed by atoms with van der Waals surface area (Å²) in [6.07, 6.45) is 10.2. The molecule has 23 nitrogen and oxygen atoms in total. The first-order valence-electron chi connectivity index (χ1n) is 22.5. The van der Waals surface area contributed by atoms with Crippen molar-refractivity contribution >= 4 is 35.2 Å². The molecule has 6 bridgehead atoms. The Kier molecular flexibility index (Phi) is 13.4. The number of rotatable bonds is 7. The number of quaternary nitrogens is 1. The topological polar surface area (TPSA) is 226 Å². The zero-order chi connectivity index (χ0) is 48.1. The number of likely N-dealkylation sites (N-methyl/N-ethyl adjacent to an activating group) is 2. The standard InChI is InChI=1S/C15H20N4O3.C14H18N4O4.C12H16N4O3.C3H9N/c1-15(2)21-9-13(22-15)12-4-5-19(16-12)11-6-10-7-18(8-11)14(20)17(10)3;1-14(2)21-8-12(22-14)11-3-4-17(15-11)9-5-10-7-16(6-9)13(19)18(10)20;1-14-8-4-9(6-15(5-8)12(14)19)16-3-2-10(13-16)11(18)7-17;1-4(2)3/h4-6,10,13H,7-9H2,1-3H3;3-5,10,12,20H,6-8H2,1-2H3;2-4,8,11,17-18H,5-7H2,1H3;1-3H3/p+1. The molecular formula is C44H64N13O10+. The smallest absolute Gasteiger partial charge is 0.344 e. The van der Waals surface area contributed by atoms with Crippen LogP contribution in [0.2, 0.25) is 0 Å². The van der Waals surface area contributed by atoms with Gasteiger partial charge in [-0.1, -0.05) is 0 Å². The molecule has 0 spiro atoms. The van der Waals surface area contributed by atoms with Gasteiger partial charge in [0.15, 0.2) is 11.6 Å². The third-order valence-electron chi connectivity index (χ3n) is 12.3. The second-order valence-corrected chi connectivity index (χ2v) is 19.1. The van der Waals surface area contributed by atoms with E-state index in [9.17, 15) is 24.7 Å². The molecule has 0 radical (unpaired) electrons. The summed E-state index contributed by atoms with van der Waals surface area (Å²) >= 11 is 0. The highest BCUT2D eigenvalue weighted by atomic mass is 16.7. The van der Waals surface area contributed by atoms with Crippen molar-refractivity contribution in [2.75, 3.05) is 94.3 Å². The largest absolute Gasteiger partial charge is 0.393 e. The molecule has 364 valence electrons. The van der Waals surface area contributed by atoms with Crippen LogP contribution in [0.25, 0.3) is 17.1 Å². The molecule has 0 saturated carbocycles. The molecule has 67 heavy (non-hydrogen) atoms. The van der Waals surface area contributed by atoms with E-state index in [1.54, 1.807) is 48.3 Å². The fourth-order valence-corrected chi connectivity index (χ4v) is 8.73. The highest BCUT2D eigenvalue weighted by Crippen LogP contribution is 2.34. The summed E-state index contributed by atoms with van der Waals surface area (Å²) in [7, 11) is 9.88.